The molecular weight excluding hydrogens is 614 g/mol. The molecule has 0 spiro atoms. The molecular formula is C37H32ClN5O2S. The van der Waals surface area contributed by atoms with Crippen molar-refractivity contribution in [3.8, 4) is 22.7 Å². The molecule has 7 rings (SSSR count). The third-order valence-corrected chi connectivity index (χ3v) is 9.44. The first-order chi connectivity index (χ1) is 22.6. The molecule has 2 aliphatic rings. The Bertz CT molecular complexity index is 1880. The van der Waals surface area contributed by atoms with E-state index < -0.39 is 0 Å². The fraction of sp³-hybridized carbons (Fsp3) is 0.162. The van der Waals surface area contributed by atoms with Gasteiger partial charge >= 0.3 is 0 Å². The number of carbonyl (C=O) groups is 1. The molecule has 1 aromatic heterocycles. The number of ether oxygens (including phenoxy) is 1. The van der Waals surface area contributed by atoms with E-state index in [2.05, 4.69) is 39.1 Å². The number of hydrogen-bond acceptors (Lipinski definition) is 6. The standard InChI is InChI=1S/C37H32ClN5O2S/c38-33-14-8-7-11-29(33)26-45-32-17-15-28(16-18-32)35-30(25-43(40-35)31-12-5-2-6-13-31)23-34-36(44)39-37(46-34)42-21-19-41(20-22-42)24-27-9-3-1-4-10-27/h1-18,23,25H,19-22,24,26H2. The number of piperazine rings is 1. The normalized spacial score (nSPS) is 16.2. The molecule has 1 amide bonds. The maximum atomic E-state index is 13.2. The molecule has 46 heavy (non-hydrogen) atoms. The van der Waals surface area contributed by atoms with Gasteiger partial charge in [0.15, 0.2) is 5.17 Å². The predicted octanol–water partition coefficient (Wildman–Crippen LogP) is 7.56. The van der Waals surface area contributed by atoms with Crippen LogP contribution in [0, 0.1) is 0 Å². The number of aliphatic imine (C=N–C) groups is 1. The maximum absolute atomic E-state index is 13.2. The zero-order chi connectivity index (χ0) is 31.3. The van der Waals surface area contributed by atoms with Crippen LogP contribution in [-0.2, 0) is 17.9 Å². The van der Waals surface area contributed by atoms with Crippen molar-refractivity contribution in [2.45, 2.75) is 13.2 Å². The average Bonchev–Trinajstić information content (AvgIpc) is 3.69. The van der Waals surface area contributed by atoms with Crippen LogP contribution >= 0.6 is 23.4 Å². The van der Waals surface area contributed by atoms with Crippen LogP contribution in [0.25, 0.3) is 23.0 Å². The van der Waals surface area contributed by atoms with E-state index in [4.69, 9.17) is 21.4 Å². The Labute approximate surface area is 277 Å². The van der Waals surface area contributed by atoms with E-state index in [0.717, 1.165) is 71.7 Å². The Hall–Kier alpha value is -4.63. The van der Waals surface area contributed by atoms with Crippen LogP contribution in [-0.4, -0.2) is 56.8 Å². The van der Waals surface area contributed by atoms with Gasteiger partial charge in [-0.2, -0.15) is 10.1 Å². The number of aromatic nitrogens is 2. The number of nitrogens with zero attached hydrogens (tertiary/aromatic N) is 5. The first-order valence-electron chi connectivity index (χ1n) is 15.2. The molecule has 1 fully saturated rings. The fourth-order valence-electron chi connectivity index (χ4n) is 5.53. The number of para-hydroxylation sites is 1. The van der Waals surface area contributed by atoms with Crippen molar-refractivity contribution in [3.63, 3.8) is 0 Å². The fourth-order valence-corrected chi connectivity index (χ4v) is 6.68. The number of thioether (sulfide) groups is 1. The lowest BCUT2D eigenvalue weighted by Crippen LogP contribution is -2.47. The molecule has 0 aliphatic carbocycles. The highest BCUT2D eigenvalue weighted by atomic mass is 35.5. The summed E-state index contributed by atoms with van der Waals surface area (Å²) in [5, 5.41) is 6.40. The van der Waals surface area contributed by atoms with Gasteiger partial charge in [-0.3, -0.25) is 9.69 Å². The SMILES string of the molecule is O=C1N=C(N2CCN(Cc3ccccc3)CC2)SC1=Cc1cn(-c2ccccc2)nc1-c1ccc(OCc2ccccc2Cl)cc1. The Balaban J connectivity index is 1.08. The highest BCUT2D eigenvalue weighted by Crippen LogP contribution is 2.34. The first-order valence-corrected chi connectivity index (χ1v) is 16.4. The minimum atomic E-state index is -0.214. The lowest BCUT2D eigenvalue weighted by Gasteiger charge is -2.35. The third-order valence-electron chi connectivity index (χ3n) is 8.03. The zero-order valence-corrected chi connectivity index (χ0v) is 26.7. The number of amidine groups is 1. The van der Waals surface area contributed by atoms with Gasteiger partial charge in [-0.1, -0.05) is 78.3 Å². The van der Waals surface area contributed by atoms with Crippen molar-refractivity contribution in [3.05, 3.63) is 142 Å². The summed E-state index contributed by atoms with van der Waals surface area (Å²) < 4.78 is 7.85. The largest absolute Gasteiger partial charge is 0.489 e. The molecule has 0 unspecified atom stereocenters. The van der Waals surface area contributed by atoms with Gasteiger partial charge < -0.3 is 9.64 Å². The Morgan fingerprint density at radius 1 is 0.826 bits per heavy atom. The average molecular weight is 646 g/mol. The second kappa shape index (κ2) is 13.8. The Morgan fingerprint density at radius 2 is 1.52 bits per heavy atom. The molecule has 9 heteroatoms. The first kappa shape index (κ1) is 30.0. The zero-order valence-electron chi connectivity index (χ0n) is 25.1. The van der Waals surface area contributed by atoms with Crippen molar-refractivity contribution in [2.75, 3.05) is 26.2 Å². The van der Waals surface area contributed by atoms with Gasteiger partial charge in [0, 0.05) is 60.6 Å². The van der Waals surface area contributed by atoms with Crippen molar-refractivity contribution in [1.29, 1.82) is 0 Å². The van der Waals surface area contributed by atoms with Crippen molar-refractivity contribution < 1.29 is 9.53 Å². The van der Waals surface area contributed by atoms with Crippen LogP contribution < -0.4 is 4.74 Å². The molecule has 0 N–H and O–H groups in total. The summed E-state index contributed by atoms with van der Waals surface area (Å²) in [7, 11) is 0. The van der Waals surface area contributed by atoms with Crippen LogP contribution in [0.5, 0.6) is 5.75 Å². The summed E-state index contributed by atoms with van der Waals surface area (Å²) in [6, 6.07) is 36.0. The molecule has 0 saturated carbocycles. The summed E-state index contributed by atoms with van der Waals surface area (Å²) in [6.07, 6.45) is 3.88. The van der Waals surface area contributed by atoms with Gasteiger partial charge in [0.1, 0.15) is 12.4 Å². The summed E-state index contributed by atoms with van der Waals surface area (Å²) >= 11 is 7.74. The van der Waals surface area contributed by atoms with E-state index in [1.807, 2.05) is 102 Å². The minimum absolute atomic E-state index is 0.214. The monoisotopic (exact) mass is 645 g/mol. The lowest BCUT2D eigenvalue weighted by atomic mass is 10.1. The number of rotatable bonds is 8. The molecule has 3 heterocycles. The van der Waals surface area contributed by atoms with Crippen molar-refractivity contribution >= 4 is 40.5 Å². The van der Waals surface area contributed by atoms with Gasteiger partial charge in [-0.25, -0.2) is 4.68 Å². The van der Waals surface area contributed by atoms with Crippen molar-refractivity contribution in [2.24, 2.45) is 4.99 Å². The van der Waals surface area contributed by atoms with Crippen LogP contribution in [0.2, 0.25) is 5.02 Å². The number of carbonyl (C=O) groups excluding carboxylic acids is 1. The van der Waals surface area contributed by atoms with Crippen LogP contribution in [0.4, 0.5) is 0 Å². The maximum Gasteiger partial charge on any atom is 0.286 e. The molecule has 0 bridgehead atoms. The van der Waals surface area contributed by atoms with E-state index >= 15 is 0 Å². The van der Waals surface area contributed by atoms with E-state index in [-0.39, 0.29) is 5.91 Å². The highest BCUT2D eigenvalue weighted by molar-refractivity contribution is 8.18. The number of halogens is 1. The Kier molecular flexibility index (Phi) is 9.01. The molecule has 0 atom stereocenters. The predicted molar refractivity (Wildman–Crippen MR) is 186 cm³/mol. The van der Waals surface area contributed by atoms with Crippen LogP contribution in [0.1, 0.15) is 16.7 Å². The quantitative estimate of drug-likeness (QED) is 0.162. The molecule has 2 aliphatic heterocycles. The van der Waals surface area contributed by atoms with E-state index in [0.29, 0.717) is 16.5 Å². The van der Waals surface area contributed by atoms with Crippen LogP contribution in [0.3, 0.4) is 0 Å². The summed E-state index contributed by atoms with van der Waals surface area (Å²) in [5.41, 5.74) is 5.70. The minimum Gasteiger partial charge on any atom is -0.489 e. The van der Waals surface area contributed by atoms with Gasteiger partial charge in [0.25, 0.3) is 5.91 Å². The molecule has 0 radical (unpaired) electrons. The molecule has 1 saturated heterocycles. The third kappa shape index (κ3) is 6.94. The molecule has 230 valence electrons. The number of amides is 1. The molecule has 4 aromatic carbocycles. The van der Waals surface area contributed by atoms with Gasteiger partial charge in [-0.05, 0) is 65.9 Å². The summed E-state index contributed by atoms with van der Waals surface area (Å²) in [6.45, 7) is 4.83. The summed E-state index contributed by atoms with van der Waals surface area (Å²) in [5.74, 6) is 0.517. The van der Waals surface area contributed by atoms with E-state index in [1.165, 1.54) is 17.3 Å². The molecule has 5 aromatic rings. The lowest BCUT2D eigenvalue weighted by molar-refractivity contribution is -0.113. The number of benzene rings is 4. The van der Waals surface area contributed by atoms with Crippen LogP contribution in [0.15, 0.2) is 125 Å². The van der Waals surface area contributed by atoms with Gasteiger partial charge in [0.05, 0.1) is 16.3 Å². The number of hydrogen-bond donors (Lipinski definition) is 0. The van der Waals surface area contributed by atoms with E-state index in [1.54, 1.807) is 0 Å². The smallest absolute Gasteiger partial charge is 0.286 e. The summed E-state index contributed by atoms with van der Waals surface area (Å²) in [4.78, 5) is 22.9. The Morgan fingerprint density at radius 3 is 2.26 bits per heavy atom. The van der Waals surface area contributed by atoms with Gasteiger partial charge in [-0.15, -0.1) is 0 Å². The molecule has 7 nitrogen and oxygen atoms in total. The second-order valence-corrected chi connectivity index (χ2v) is 12.6. The van der Waals surface area contributed by atoms with Crippen molar-refractivity contribution in [1.82, 2.24) is 19.6 Å². The topological polar surface area (TPSA) is 63.0 Å². The van der Waals surface area contributed by atoms with Gasteiger partial charge in [0.2, 0.25) is 0 Å². The second-order valence-electron chi connectivity index (χ2n) is 11.2. The van der Waals surface area contributed by atoms with E-state index in [9.17, 15) is 4.79 Å². The highest BCUT2D eigenvalue weighted by Gasteiger charge is 2.29.